The minimum Gasteiger partial charge on any atom is -0.382 e. The number of hydrogen-bond donors (Lipinski definition) is 2. The summed E-state index contributed by atoms with van der Waals surface area (Å²) in [6, 6.07) is 0. The lowest BCUT2D eigenvalue weighted by Crippen LogP contribution is -2.62. The van der Waals surface area contributed by atoms with Crippen LogP contribution in [-0.2, 0) is 23.7 Å². The van der Waals surface area contributed by atoms with Crippen molar-refractivity contribution in [3.05, 3.63) is 11.1 Å². The van der Waals surface area contributed by atoms with E-state index in [0.717, 1.165) is 23.7 Å². The van der Waals surface area contributed by atoms with E-state index in [-0.39, 0.29) is 23.7 Å². The van der Waals surface area contributed by atoms with Gasteiger partial charge in [-0.15, -0.1) is 11.6 Å². The average molecular weight is 496 g/mol. The van der Waals surface area contributed by atoms with Gasteiger partial charge in [-0.1, -0.05) is 29.4 Å². The molecule has 11 atom stereocenters. The maximum absolute atomic E-state index is 11.2. The van der Waals surface area contributed by atoms with E-state index in [4.69, 9.17) is 35.3 Å². The van der Waals surface area contributed by atoms with Crippen LogP contribution in [0.25, 0.3) is 0 Å². The lowest BCUT2D eigenvalue weighted by atomic mass is 9.86. The molecular formula is C20H28BrClO7. The number of aliphatic hydroxyl groups is 2. The SMILES string of the molecule is C=C(Br)C[C@H](Cl)CC[C@@]12O[C@H]3[C@H]4O[C@@H](CC)CC[C@@H]4OC4[C@H]3O[C@](O)([C@H]4O1)[C@H]2O. The summed E-state index contributed by atoms with van der Waals surface area (Å²) in [6.45, 7) is 5.92. The highest BCUT2D eigenvalue weighted by Gasteiger charge is 2.78. The molecule has 0 aromatic heterocycles. The van der Waals surface area contributed by atoms with Gasteiger partial charge in [-0.2, -0.15) is 0 Å². The lowest BCUT2D eigenvalue weighted by molar-refractivity contribution is -0.305. The molecule has 164 valence electrons. The highest BCUT2D eigenvalue weighted by atomic mass is 79.9. The van der Waals surface area contributed by atoms with Crippen LogP contribution in [0, 0.1) is 0 Å². The summed E-state index contributed by atoms with van der Waals surface area (Å²) in [5, 5.41) is 22.0. The second kappa shape index (κ2) is 7.39. The first-order valence-corrected chi connectivity index (χ1v) is 11.7. The van der Waals surface area contributed by atoms with Crippen molar-refractivity contribution < 1.29 is 33.9 Å². The van der Waals surface area contributed by atoms with Crippen LogP contribution in [0.15, 0.2) is 11.1 Å². The minimum absolute atomic E-state index is 0.135. The number of halogens is 2. The van der Waals surface area contributed by atoms with Gasteiger partial charge in [0.05, 0.1) is 12.2 Å². The molecule has 6 fully saturated rings. The van der Waals surface area contributed by atoms with Gasteiger partial charge in [-0.05, 0) is 36.6 Å². The second-order valence-corrected chi connectivity index (χ2v) is 10.6. The van der Waals surface area contributed by atoms with Crippen LogP contribution in [0.5, 0.6) is 0 Å². The first kappa shape index (κ1) is 21.1. The number of fused-ring (bicyclic) bond motifs is 1. The maximum atomic E-state index is 11.2. The molecule has 6 saturated heterocycles. The van der Waals surface area contributed by atoms with Crippen molar-refractivity contribution >= 4 is 27.5 Å². The molecule has 1 unspecified atom stereocenters. The van der Waals surface area contributed by atoms with Gasteiger partial charge in [0.1, 0.15) is 30.5 Å². The van der Waals surface area contributed by atoms with Crippen LogP contribution in [0.2, 0.25) is 0 Å². The van der Waals surface area contributed by atoms with Crippen molar-refractivity contribution in [1.82, 2.24) is 0 Å². The Kier molecular flexibility index (Phi) is 5.37. The molecule has 0 aliphatic carbocycles. The molecule has 6 rings (SSSR count). The first-order valence-electron chi connectivity index (χ1n) is 10.5. The summed E-state index contributed by atoms with van der Waals surface area (Å²) in [6.07, 6.45) is 0.100. The summed E-state index contributed by atoms with van der Waals surface area (Å²) in [5.74, 6) is -3.27. The summed E-state index contributed by atoms with van der Waals surface area (Å²) < 4.78 is 32.0. The van der Waals surface area contributed by atoms with Gasteiger partial charge in [0.2, 0.25) is 11.6 Å². The summed E-state index contributed by atoms with van der Waals surface area (Å²) in [5.41, 5.74) is 0. The molecule has 0 aromatic carbocycles. The molecular weight excluding hydrogens is 468 g/mol. The third-order valence-corrected chi connectivity index (χ3v) is 7.69. The fraction of sp³-hybridized carbons (Fsp3) is 0.900. The summed E-state index contributed by atoms with van der Waals surface area (Å²) in [4.78, 5) is 0. The Morgan fingerprint density at radius 3 is 2.66 bits per heavy atom. The van der Waals surface area contributed by atoms with Gasteiger partial charge in [0.15, 0.2) is 6.10 Å². The molecule has 0 saturated carbocycles. The van der Waals surface area contributed by atoms with Crippen LogP contribution >= 0.6 is 27.5 Å². The first-order chi connectivity index (χ1) is 13.8. The third-order valence-electron chi connectivity index (χ3n) is 7.00. The number of hydrogen-bond acceptors (Lipinski definition) is 7. The highest BCUT2D eigenvalue weighted by Crippen LogP contribution is 2.57. The standard InChI is InChI=1S/C20H28BrClO7/c1-3-11-4-5-12-13(25-11)14-15-16(26-12)17-20(24,28-15)18(23)19(27-14,29-17)7-6-10(22)8-9(2)21/h10-18,23-24H,2-8H2,1H3/t10-,11+,12+,13+,14+,15+,16?,17+,18+,19-,20-/m1/s1. The van der Waals surface area contributed by atoms with Gasteiger partial charge < -0.3 is 33.9 Å². The zero-order valence-corrected chi connectivity index (χ0v) is 18.7. The lowest BCUT2D eigenvalue weighted by Gasteiger charge is -2.47. The monoisotopic (exact) mass is 494 g/mol. The molecule has 29 heavy (non-hydrogen) atoms. The van der Waals surface area contributed by atoms with Crippen LogP contribution in [0.3, 0.4) is 0 Å². The Morgan fingerprint density at radius 2 is 1.93 bits per heavy atom. The Balaban J connectivity index is 1.43. The van der Waals surface area contributed by atoms with Gasteiger partial charge in [0.25, 0.3) is 0 Å². The van der Waals surface area contributed by atoms with Gasteiger partial charge in [0, 0.05) is 11.8 Å². The second-order valence-electron chi connectivity index (χ2n) is 8.87. The van der Waals surface area contributed by atoms with Crippen molar-refractivity contribution in [2.75, 3.05) is 0 Å². The predicted octanol–water partition coefficient (Wildman–Crippen LogP) is 2.34. The Bertz CT molecular complexity index is 681. The van der Waals surface area contributed by atoms with E-state index in [9.17, 15) is 10.2 Å². The van der Waals surface area contributed by atoms with E-state index in [1.807, 2.05) is 0 Å². The minimum atomic E-state index is -1.86. The fourth-order valence-corrected chi connectivity index (χ4v) is 6.43. The van der Waals surface area contributed by atoms with Crippen molar-refractivity contribution in [3.8, 4) is 0 Å². The summed E-state index contributed by atoms with van der Waals surface area (Å²) in [7, 11) is 0. The normalized spacial score (nSPS) is 53.6. The molecule has 7 nitrogen and oxygen atoms in total. The van der Waals surface area contributed by atoms with E-state index in [0.29, 0.717) is 19.3 Å². The Labute approximate surface area is 183 Å². The van der Waals surface area contributed by atoms with Crippen molar-refractivity contribution in [2.24, 2.45) is 0 Å². The van der Waals surface area contributed by atoms with E-state index < -0.39 is 42.1 Å². The van der Waals surface area contributed by atoms with E-state index >= 15 is 0 Å². The zero-order chi connectivity index (χ0) is 20.6. The van der Waals surface area contributed by atoms with Crippen molar-refractivity contribution in [3.63, 3.8) is 0 Å². The number of alkyl halides is 1. The van der Waals surface area contributed by atoms with Crippen molar-refractivity contribution in [1.29, 1.82) is 0 Å². The van der Waals surface area contributed by atoms with Gasteiger partial charge in [-0.25, -0.2) is 0 Å². The molecule has 6 aliphatic heterocycles. The fourth-order valence-electron chi connectivity index (χ4n) is 5.56. The largest absolute Gasteiger partial charge is 0.382 e. The highest BCUT2D eigenvalue weighted by molar-refractivity contribution is 9.11. The van der Waals surface area contributed by atoms with Crippen LogP contribution in [-0.4, -0.2) is 76.0 Å². The number of rotatable bonds is 6. The van der Waals surface area contributed by atoms with Crippen LogP contribution < -0.4 is 0 Å². The number of ether oxygens (including phenoxy) is 5. The van der Waals surface area contributed by atoms with E-state index in [1.54, 1.807) is 0 Å². The molecule has 9 heteroatoms. The maximum Gasteiger partial charge on any atom is 0.227 e. The molecule has 6 aliphatic rings. The molecule has 6 bridgehead atoms. The van der Waals surface area contributed by atoms with E-state index in [2.05, 4.69) is 29.4 Å². The van der Waals surface area contributed by atoms with Crippen LogP contribution in [0.1, 0.15) is 45.4 Å². The third kappa shape index (κ3) is 3.17. The van der Waals surface area contributed by atoms with Gasteiger partial charge >= 0.3 is 0 Å². The Morgan fingerprint density at radius 1 is 1.17 bits per heavy atom. The summed E-state index contributed by atoms with van der Waals surface area (Å²) >= 11 is 9.76. The predicted molar refractivity (Wildman–Crippen MR) is 107 cm³/mol. The van der Waals surface area contributed by atoms with E-state index in [1.165, 1.54) is 0 Å². The van der Waals surface area contributed by atoms with Crippen LogP contribution in [0.4, 0.5) is 0 Å². The Hall–Kier alpha value is 0.230. The molecule has 2 N–H and O–H groups in total. The molecule has 0 aromatic rings. The topological polar surface area (TPSA) is 86.6 Å². The van der Waals surface area contributed by atoms with Gasteiger partial charge in [-0.3, -0.25) is 0 Å². The molecule has 0 amide bonds. The number of allylic oxidation sites excluding steroid dienone is 1. The molecule has 0 spiro atoms. The quantitative estimate of drug-likeness (QED) is 0.547. The van der Waals surface area contributed by atoms with Crippen molar-refractivity contribution in [2.45, 2.75) is 111 Å². The zero-order valence-electron chi connectivity index (χ0n) is 16.3. The molecule has 6 heterocycles. The average Bonchev–Trinajstić information content (AvgIpc) is 2.99. The molecule has 0 radical (unpaired) electrons. The smallest absolute Gasteiger partial charge is 0.227 e. The number of aliphatic hydroxyl groups excluding tert-OH is 1.